The van der Waals surface area contributed by atoms with Gasteiger partial charge in [0.05, 0.1) is 11.8 Å². The first-order valence-corrected chi connectivity index (χ1v) is 8.27. The van der Waals surface area contributed by atoms with Gasteiger partial charge in [-0.2, -0.15) is 0 Å². The van der Waals surface area contributed by atoms with Crippen molar-refractivity contribution >= 4 is 23.4 Å². The maximum absolute atomic E-state index is 12.6. The van der Waals surface area contributed by atoms with E-state index in [0.717, 1.165) is 5.69 Å². The van der Waals surface area contributed by atoms with E-state index in [9.17, 15) is 4.79 Å². The number of benzene rings is 1. The maximum Gasteiger partial charge on any atom is 0.237 e. The fourth-order valence-electron chi connectivity index (χ4n) is 2.12. The first-order chi connectivity index (χ1) is 10.5. The summed E-state index contributed by atoms with van der Waals surface area (Å²) in [5.41, 5.74) is 0.909. The Labute approximate surface area is 134 Å². The molecule has 0 N–H and O–H groups in total. The molecule has 0 radical (unpaired) electrons. The van der Waals surface area contributed by atoms with Crippen LogP contribution in [0.5, 0.6) is 0 Å². The molecule has 1 aromatic carbocycles. The molecule has 0 saturated carbocycles. The van der Waals surface area contributed by atoms with Crippen LogP contribution in [0.15, 0.2) is 35.5 Å². The zero-order valence-corrected chi connectivity index (χ0v) is 14.1. The van der Waals surface area contributed by atoms with Crippen LogP contribution in [-0.2, 0) is 4.79 Å². The zero-order valence-electron chi connectivity index (χ0n) is 13.3. The Morgan fingerprint density at radius 3 is 2.50 bits per heavy atom. The number of nitrogens with zero attached hydrogens (tertiary/aromatic N) is 5. The Morgan fingerprint density at radius 1 is 1.23 bits per heavy atom. The Balaban J connectivity index is 2.08. The average Bonchev–Trinajstić information content (AvgIpc) is 2.94. The van der Waals surface area contributed by atoms with Crippen molar-refractivity contribution in [3.05, 3.63) is 30.3 Å². The van der Waals surface area contributed by atoms with Crippen LogP contribution >= 0.6 is 11.8 Å². The number of aromatic nitrogens is 4. The Morgan fingerprint density at radius 2 is 1.91 bits per heavy atom. The number of amides is 1. The molecule has 0 atom stereocenters. The molecular formula is C15H21N5OS. The molecular weight excluding hydrogens is 298 g/mol. The van der Waals surface area contributed by atoms with Crippen LogP contribution in [0, 0.1) is 0 Å². The van der Waals surface area contributed by atoms with Gasteiger partial charge >= 0.3 is 0 Å². The van der Waals surface area contributed by atoms with E-state index in [4.69, 9.17) is 0 Å². The van der Waals surface area contributed by atoms with Gasteiger partial charge in [0.15, 0.2) is 0 Å². The lowest BCUT2D eigenvalue weighted by Crippen LogP contribution is -2.38. The first-order valence-electron chi connectivity index (χ1n) is 7.28. The fourth-order valence-corrected chi connectivity index (χ4v) is 2.98. The molecule has 2 aromatic rings. The number of thioether (sulfide) groups is 1. The van der Waals surface area contributed by atoms with Gasteiger partial charge in [-0.1, -0.05) is 30.0 Å². The van der Waals surface area contributed by atoms with Crippen LogP contribution in [0.3, 0.4) is 0 Å². The van der Waals surface area contributed by atoms with Gasteiger partial charge in [-0.3, -0.25) is 4.79 Å². The molecule has 0 aliphatic carbocycles. The van der Waals surface area contributed by atoms with Gasteiger partial charge in [0.2, 0.25) is 11.1 Å². The smallest absolute Gasteiger partial charge is 0.237 e. The van der Waals surface area contributed by atoms with E-state index in [1.54, 1.807) is 9.58 Å². The van der Waals surface area contributed by atoms with Crippen molar-refractivity contribution in [1.29, 1.82) is 0 Å². The van der Waals surface area contributed by atoms with Gasteiger partial charge in [0, 0.05) is 11.7 Å². The van der Waals surface area contributed by atoms with Crippen molar-refractivity contribution in [3.63, 3.8) is 0 Å². The SMILES string of the molecule is CC(C)N(C(=O)CSc1nnnn1C(C)C)c1ccccc1. The van der Waals surface area contributed by atoms with Crippen molar-refractivity contribution < 1.29 is 4.79 Å². The van der Waals surface area contributed by atoms with E-state index < -0.39 is 0 Å². The van der Waals surface area contributed by atoms with Crippen LogP contribution in [0.1, 0.15) is 33.7 Å². The lowest BCUT2D eigenvalue weighted by atomic mass is 10.2. The van der Waals surface area contributed by atoms with E-state index in [1.807, 2.05) is 58.0 Å². The van der Waals surface area contributed by atoms with E-state index >= 15 is 0 Å². The molecule has 0 saturated heterocycles. The molecule has 6 nitrogen and oxygen atoms in total. The highest BCUT2D eigenvalue weighted by atomic mass is 32.2. The van der Waals surface area contributed by atoms with Crippen LogP contribution in [-0.4, -0.2) is 37.9 Å². The summed E-state index contributed by atoms with van der Waals surface area (Å²) in [6, 6.07) is 9.97. The minimum absolute atomic E-state index is 0.0458. The molecule has 1 aromatic heterocycles. The molecule has 7 heteroatoms. The summed E-state index contributed by atoms with van der Waals surface area (Å²) in [7, 11) is 0. The van der Waals surface area contributed by atoms with Gasteiger partial charge in [-0.25, -0.2) is 4.68 Å². The van der Waals surface area contributed by atoms with Crippen molar-refractivity contribution in [3.8, 4) is 0 Å². The highest BCUT2D eigenvalue weighted by molar-refractivity contribution is 7.99. The monoisotopic (exact) mass is 319 g/mol. The lowest BCUT2D eigenvalue weighted by molar-refractivity contribution is -0.116. The summed E-state index contributed by atoms with van der Waals surface area (Å²) in [6.45, 7) is 8.03. The molecule has 0 bridgehead atoms. The number of carbonyl (C=O) groups excluding carboxylic acids is 1. The second-order valence-corrected chi connectivity index (χ2v) is 6.42. The summed E-state index contributed by atoms with van der Waals surface area (Å²) in [5, 5.41) is 12.3. The number of carbonyl (C=O) groups is 1. The molecule has 0 spiro atoms. The molecule has 1 amide bonds. The van der Waals surface area contributed by atoms with Gasteiger partial charge < -0.3 is 4.90 Å². The molecule has 118 valence electrons. The molecule has 22 heavy (non-hydrogen) atoms. The zero-order chi connectivity index (χ0) is 16.1. The molecule has 0 unspecified atom stereocenters. The van der Waals surface area contributed by atoms with Gasteiger partial charge in [0.1, 0.15) is 0 Å². The summed E-state index contributed by atoms with van der Waals surface area (Å²) in [5.74, 6) is 0.352. The van der Waals surface area contributed by atoms with Crippen molar-refractivity contribution in [2.24, 2.45) is 0 Å². The predicted octanol–water partition coefficient (Wildman–Crippen LogP) is 2.79. The maximum atomic E-state index is 12.6. The molecule has 0 aliphatic heterocycles. The molecule has 0 fully saturated rings. The summed E-state index contributed by atoms with van der Waals surface area (Å²) >= 11 is 1.37. The third kappa shape index (κ3) is 3.85. The van der Waals surface area contributed by atoms with Crippen molar-refractivity contribution in [2.45, 2.75) is 44.9 Å². The number of anilines is 1. The van der Waals surface area contributed by atoms with Gasteiger partial charge in [-0.15, -0.1) is 5.10 Å². The summed E-state index contributed by atoms with van der Waals surface area (Å²) < 4.78 is 1.72. The highest BCUT2D eigenvalue weighted by Crippen LogP contribution is 2.21. The summed E-state index contributed by atoms with van der Waals surface area (Å²) in [4.78, 5) is 14.4. The van der Waals surface area contributed by atoms with Crippen molar-refractivity contribution in [2.75, 3.05) is 10.7 Å². The van der Waals surface area contributed by atoms with E-state index in [2.05, 4.69) is 15.5 Å². The Hall–Kier alpha value is -1.89. The van der Waals surface area contributed by atoms with Crippen LogP contribution in [0.2, 0.25) is 0 Å². The minimum Gasteiger partial charge on any atom is -0.309 e. The van der Waals surface area contributed by atoms with Gasteiger partial charge in [0.25, 0.3) is 0 Å². The highest BCUT2D eigenvalue weighted by Gasteiger charge is 2.20. The number of hydrogen-bond donors (Lipinski definition) is 0. The van der Waals surface area contributed by atoms with Crippen LogP contribution < -0.4 is 4.90 Å². The third-order valence-electron chi connectivity index (χ3n) is 3.10. The molecule has 2 rings (SSSR count). The van der Waals surface area contributed by atoms with E-state index in [-0.39, 0.29) is 18.0 Å². The summed E-state index contributed by atoms with van der Waals surface area (Å²) in [6.07, 6.45) is 0. The van der Waals surface area contributed by atoms with Crippen LogP contribution in [0.25, 0.3) is 0 Å². The number of rotatable bonds is 6. The second-order valence-electron chi connectivity index (χ2n) is 5.48. The number of hydrogen-bond acceptors (Lipinski definition) is 5. The quantitative estimate of drug-likeness (QED) is 0.766. The number of tetrazole rings is 1. The molecule has 1 heterocycles. The predicted molar refractivity (Wildman–Crippen MR) is 88.0 cm³/mol. The Kier molecular flexibility index (Phi) is 5.54. The Bertz CT molecular complexity index is 611. The largest absolute Gasteiger partial charge is 0.309 e. The van der Waals surface area contributed by atoms with Crippen molar-refractivity contribution in [1.82, 2.24) is 20.2 Å². The molecule has 0 aliphatic rings. The first kappa shape index (κ1) is 16.5. The van der Waals surface area contributed by atoms with Crippen LogP contribution in [0.4, 0.5) is 5.69 Å². The number of para-hydroxylation sites is 1. The topological polar surface area (TPSA) is 63.9 Å². The average molecular weight is 319 g/mol. The fraction of sp³-hybridized carbons (Fsp3) is 0.467. The lowest BCUT2D eigenvalue weighted by Gasteiger charge is -2.26. The van der Waals surface area contributed by atoms with E-state index in [1.165, 1.54) is 11.8 Å². The standard InChI is InChI=1S/C15H21N5OS/c1-11(2)19(13-8-6-5-7-9-13)14(21)10-22-15-16-17-18-20(15)12(3)4/h5-9,11-12H,10H2,1-4H3. The second kappa shape index (κ2) is 7.40. The minimum atomic E-state index is 0.0458. The normalized spacial score (nSPS) is 11.2. The third-order valence-corrected chi connectivity index (χ3v) is 4.01. The van der Waals surface area contributed by atoms with E-state index in [0.29, 0.717) is 10.9 Å². The van der Waals surface area contributed by atoms with Gasteiger partial charge in [-0.05, 0) is 50.3 Å².